The van der Waals surface area contributed by atoms with Crippen LogP contribution in [0.2, 0.25) is 0 Å². The highest BCUT2D eigenvalue weighted by atomic mass is 32.2. The smallest absolute Gasteiger partial charge is 0.336 e. The molecule has 0 unspecified atom stereocenters. The van der Waals surface area contributed by atoms with Gasteiger partial charge in [-0.25, -0.2) is 0 Å². The molecule has 0 spiro atoms. The lowest BCUT2D eigenvalue weighted by Crippen LogP contribution is -2.48. The van der Waals surface area contributed by atoms with Crippen LogP contribution >= 0.6 is 11.8 Å². The third kappa shape index (κ3) is 4.68. The number of hydrogen-bond acceptors (Lipinski definition) is 3. The van der Waals surface area contributed by atoms with Crippen molar-refractivity contribution in [1.29, 1.82) is 0 Å². The number of thioether (sulfide) groups is 1. The van der Waals surface area contributed by atoms with E-state index in [4.69, 9.17) is 6.42 Å². The molecule has 0 saturated carbocycles. The molecule has 0 N–H and O–H groups in total. The van der Waals surface area contributed by atoms with Gasteiger partial charge >= 0.3 is 5.51 Å². The first kappa shape index (κ1) is 16.7. The number of carbonyl (C=O) groups is 1. The van der Waals surface area contributed by atoms with Crippen molar-refractivity contribution in [3.05, 3.63) is 29.8 Å². The van der Waals surface area contributed by atoms with Crippen molar-refractivity contribution in [3.63, 3.8) is 0 Å². The molecule has 0 aromatic heterocycles. The molecule has 22 heavy (non-hydrogen) atoms. The zero-order valence-electron chi connectivity index (χ0n) is 11.8. The highest BCUT2D eigenvalue weighted by Gasteiger charge is 2.29. The Morgan fingerprint density at radius 1 is 1.27 bits per heavy atom. The highest BCUT2D eigenvalue weighted by molar-refractivity contribution is 8.00. The van der Waals surface area contributed by atoms with Crippen LogP contribution in [-0.2, 0) is 0 Å². The first-order valence-electron chi connectivity index (χ1n) is 6.70. The number of alkyl halides is 3. The minimum Gasteiger partial charge on any atom is -0.336 e. The van der Waals surface area contributed by atoms with Crippen molar-refractivity contribution in [3.8, 4) is 12.3 Å². The molecule has 0 radical (unpaired) electrons. The maximum absolute atomic E-state index is 12.4. The van der Waals surface area contributed by atoms with Crippen LogP contribution in [0.1, 0.15) is 10.4 Å². The van der Waals surface area contributed by atoms with E-state index >= 15 is 0 Å². The normalized spacial score (nSPS) is 16.4. The SMILES string of the molecule is C#CCN1CCN(C(=O)c2cccc(SC(F)(F)F)c2)CC1. The maximum Gasteiger partial charge on any atom is 0.446 e. The Morgan fingerprint density at radius 3 is 2.55 bits per heavy atom. The fourth-order valence-electron chi connectivity index (χ4n) is 2.25. The van der Waals surface area contributed by atoms with Crippen molar-refractivity contribution in [2.24, 2.45) is 0 Å². The number of carbonyl (C=O) groups excluding carboxylic acids is 1. The number of piperazine rings is 1. The molecule has 118 valence electrons. The van der Waals surface area contributed by atoms with Gasteiger partial charge in [0.1, 0.15) is 0 Å². The van der Waals surface area contributed by atoms with Gasteiger partial charge in [0.15, 0.2) is 0 Å². The highest BCUT2D eigenvalue weighted by Crippen LogP contribution is 2.37. The van der Waals surface area contributed by atoms with Gasteiger partial charge < -0.3 is 4.90 Å². The first-order valence-corrected chi connectivity index (χ1v) is 7.51. The van der Waals surface area contributed by atoms with E-state index in [1.165, 1.54) is 24.3 Å². The quantitative estimate of drug-likeness (QED) is 0.630. The molecule has 1 amide bonds. The Bertz CT molecular complexity index is 575. The Morgan fingerprint density at radius 2 is 1.95 bits per heavy atom. The molecule has 1 aliphatic rings. The first-order chi connectivity index (χ1) is 10.4. The number of amides is 1. The Kier molecular flexibility index (Phi) is 5.37. The predicted molar refractivity (Wildman–Crippen MR) is 79.5 cm³/mol. The van der Waals surface area contributed by atoms with Gasteiger partial charge in [-0.2, -0.15) is 13.2 Å². The maximum atomic E-state index is 12.4. The number of nitrogens with zero attached hydrogens (tertiary/aromatic N) is 2. The van der Waals surface area contributed by atoms with Crippen molar-refractivity contribution in [2.45, 2.75) is 10.4 Å². The summed E-state index contributed by atoms with van der Waals surface area (Å²) < 4.78 is 37.2. The third-order valence-electron chi connectivity index (χ3n) is 3.29. The van der Waals surface area contributed by atoms with Gasteiger partial charge in [0, 0.05) is 36.6 Å². The van der Waals surface area contributed by atoms with E-state index in [9.17, 15) is 18.0 Å². The number of benzene rings is 1. The van der Waals surface area contributed by atoms with Crippen molar-refractivity contribution >= 4 is 17.7 Å². The molecule has 1 heterocycles. The molecule has 7 heteroatoms. The van der Waals surface area contributed by atoms with Gasteiger partial charge in [0.05, 0.1) is 6.54 Å². The molecule has 1 fully saturated rings. The summed E-state index contributed by atoms with van der Waals surface area (Å²) in [6.07, 6.45) is 5.25. The van der Waals surface area contributed by atoms with E-state index in [1.54, 1.807) is 4.90 Å². The van der Waals surface area contributed by atoms with Crippen LogP contribution < -0.4 is 0 Å². The van der Waals surface area contributed by atoms with E-state index in [0.717, 1.165) is 0 Å². The van der Waals surface area contributed by atoms with Gasteiger partial charge in [-0.1, -0.05) is 12.0 Å². The van der Waals surface area contributed by atoms with Crippen LogP contribution in [0.5, 0.6) is 0 Å². The predicted octanol–water partition coefficient (Wildman–Crippen LogP) is 2.69. The fourth-order valence-corrected chi connectivity index (χ4v) is 2.85. The second kappa shape index (κ2) is 7.07. The average molecular weight is 328 g/mol. The summed E-state index contributed by atoms with van der Waals surface area (Å²) in [7, 11) is 0. The van der Waals surface area contributed by atoms with Crippen LogP contribution in [0.15, 0.2) is 29.2 Å². The van der Waals surface area contributed by atoms with Crippen LogP contribution in [-0.4, -0.2) is 53.9 Å². The average Bonchev–Trinajstić information content (AvgIpc) is 2.46. The van der Waals surface area contributed by atoms with Crippen molar-refractivity contribution in [2.75, 3.05) is 32.7 Å². The van der Waals surface area contributed by atoms with Crippen molar-refractivity contribution < 1.29 is 18.0 Å². The Labute approximate surface area is 131 Å². The summed E-state index contributed by atoms with van der Waals surface area (Å²) in [5, 5.41) is 0. The van der Waals surface area contributed by atoms with E-state index in [2.05, 4.69) is 10.8 Å². The largest absolute Gasteiger partial charge is 0.446 e. The lowest BCUT2D eigenvalue weighted by molar-refractivity contribution is -0.0328. The lowest BCUT2D eigenvalue weighted by Gasteiger charge is -2.33. The van der Waals surface area contributed by atoms with Crippen LogP contribution in [0.4, 0.5) is 13.2 Å². The Hall–Kier alpha value is -1.65. The van der Waals surface area contributed by atoms with E-state index in [0.29, 0.717) is 32.7 Å². The van der Waals surface area contributed by atoms with Gasteiger partial charge in [0.25, 0.3) is 5.91 Å². The molecule has 0 atom stereocenters. The van der Waals surface area contributed by atoms with Gasteiger partial charge in [-0.3, -0.25) is 9.69 Å². The third-order valence-corrected chi connectivity index (χ3v) is 4.01. The molecule has 3 nitrogen and oxygen atoms in total. The van der Waals surface area contributed by atoms with Crippen LogP contribution in [0, 0.1) is 12.3 Å². The minimum atomic E-state index is -4.36. The number of terminal acetylenes is 1. The summed E-state index contributed by atoms with van der Waals surface area (Å²) in [4.78, 5) is 16.1. The van der Waals surface area contributed by atoms with E-state index in [1.807, 2.05) is 0 Å². The molecule has 0 bridgehead atoms. The van der Waals surface area contributed by atoms with Gasteiger partial charge in [0.2, 0.25) is 0 Å². The lowest BCUT2D eigenvalue weighted by atomic mass is 10.2. The summed E-state index contributed by atoms with van der Waals surface area (Å²) in [5.74, 6) is 2.31. The van der Waals surface area contributed by atoms with Crippen LogP contribution in [0.25, 0.3) is 0 Å². The second-order valence-corrected chi connectivity index (χ2v) is 5.99. The fraction of sp³-hybridized carbons (Fsp3) is 0.400. The second-order valence-electron chi connectivity index (χ2n) is 4.85. The Balaban J connectivity index is 2.01. The molecular formula is C15H15F3N2OS. The number of halogens is 3. The summed E-state index contributed by atoms with van der Waals surface area (Å²) >= 11 is -0.215. The number of rotatable bonds is 3. The number of hydrogen-bond donors (Lipinski definition) is 0. The molecule has 1 aliphatic heterocycles. The van der Waals surface area contributed by atoms with Gasteiger partial charge in [-0.15, -0.1) is 6.42 Å². The molecule has 1 aromatic rings. The monoisotopic (exact) mass is 328 g/mol. The van der Waals surface area contributed by atoms with Crippen molar-refractivity contribution in [1.82, 2.24) is 9.80 Å². The zero-order chi connectivity index (χ0) is 16.2. The van der Waals surface area contributed by atoms with E-state index in [-0.39, 0.29) is 28.1 Å². The molecule has 1 saturated heterocycles. The van der Waals surface area contributed by atoms with E-state index < -0.39 is 5.51 Å². The van der Waals surface area contributed by atoms with Crippen LogP contribution in [0.3, 0.4) is 0 Å². The summed E-state index contributed by atoms with van der Waals surface area (Å²) in [6, 6.07) is 5.64. The zero-order valence-corrected chi connectivity index (χ0v) is 12.6. The summed E-state index contributed by atoms with van der Waals surface area (Å²) in [5.41, 5.74) is -4.08. The molecular weight excluding hydrogens is 313 g/mol. The topological polar surface area (TPSA) is 23.6 Å². The summed E-state index contributed by atoms with van der Waals surface area (Å²) in [6.45, 7) is 2.94. The van der Waals surface area contributed by atoms with Gasteiger partial charge in [-0.05, 0) is 30.0 Å². The molecule has 1 aromatic carbocycles. The standard InChI is InChI=1S/C15H15F3N2OS/c1-2-6-19-7-9-20(10-8-19)14(21)12-4-3-5-13(11-12)22-15(16,17)18/h1,3-5,11H,6-10H2. The minimum absolute atomic E-state index is 0.0179. The molecule has 2 rings (SSSR count). The molecule has 0 aliphatic carbocycles.